The van der Waals surface area contributed by atoms with Crippen molar-refractivity contribution in [1.29, 1.82) is 5.26 Å². The normalized spacial score (nSPS) is 10.2. The first-order valence-corrected chi connectivity index (χ1v) is 4.90. The van der Waals surface area contributed by atoms with Gasteiger partial charge in [0, 0.05) is 12.1 Å². The minimum atomic E-state index is -3.04. The lowest BCUT2D eigenvalue weighted by atomic mass is 10.0. The van der Waals surface area contributed by atoms with E-state index in [4.69, 9.17) is 16.1 Å². The molecule has 0 heterocycles. The van der Waals surface area contributed by atoms with E-state index in [1.807, 2.05) is 0 Å². The van der Waals surface area contributed by atoms with Crippen LogP contribution in [0, 0.1) is 11.3 Å². The minimum absolute atomic E-state index is 0.0828. The number of aliphatic carboxylic acids is 1. The van der Waals surface area contributed by atoms with Gasteiger partial charge in [0.05, 0.1) is 18.1 Å². The maximum absolute atomic E-state index is 12.2. The predicted octanol–water partition coefficient (Wildman–Crippen LogP) is 1.25. The quantitative estimate of drug-likeness (QED) is 0.826. The molecule has 3 N–H and O–H groups in total. The zero-order valence-electron chi connectivity index (χ0n) is 9.19. The molecule has 0 fully saturated rings. The monoisotopic (exact) mass is 256 g/mol. The number of carbonyl (C=O) groups is 1. The molecule has 1 rings (SSSR count). The highest BCUT2D eigenvalue weighted by Gasteiger charge is 2.15. The van der Waals surface area contributed by atoms with E-state index in [0.29, 0.717) is 0 Å². The zero-order chi connectivity index (χ0) is 13.7. The highest BCUT2D eigenvalue weighted by molar-refractivity contribution is 5.72. The van der Waals surface area contributed by atoms with Crippen molar-refractivity contribution in [3.8, 4) is 11.8 Å². The standard InChI is InChI=1S/C11H10F2N2O3/c12-11(13)18-9-2-6(3-10(16)17)7(4-14)1-8(9)5-15/h1-2,11H,3,5,15H2,(H,16,17). The van der Waals surface area contributed by atoms with Crippen LogP contribution in [0.4, 0.5) is 8.78 Å². The SMILES string of the molecule is N#Cc1cc(CN)c(OC(F)F)cc1CC(=O)O. The Bertz CT molecular complexity index is 498. The van der Waals surface area contributed by atoms with Crippen molar-refractivity contribution >= 4 is 5.97 Å². The molecule has 0 aromatic heterocycles. The molecule has 96 valence electrons. The number of nitrogens with zero attached hydrogens (tertiary/aromatic N) is 1. The fourth-order valence-corrected chi connectivity index (χ4v) is 1.45. The van der Waals surface area contributed by atoms with Crippen molar-refractivity contribution < 1.29 is 23.4 Å². The van der Waals surface area contributed by atoms with Crippen molar-refractivity contribution in [2.24, 2.45) is 5.73 Å². The number of carboxylic acid groups (broad SMARTS) is 1. The molecular weight excluding hydrogens is 246 g/mol. The first-order valence-electron chi connectivity index (χ1n) is 4.90. The number of alkyl halides is 2. The van der Waals surface area contributed by atoms with Gasteiger partial charge in [0.2, 0.25) is 0 Å². The van der Waals surface area contributed by atoms with E-state index in [2.05, 4.69) is 4.74 Å². The highest BCUT2D eigenvalue weighted by atomic mass is 19.3. The molecular formula is C11H10F2N2O3. The number of hydrogen-bond acceptors (Lipinski definition) is 4. The lowest BCUT2D eigenvalue weighted by Gasteiger charge is -2.12. The lowest BCUT2D eigenvalue weighted by Crippen LogP contribution is -2.10. The number of ether oxygens (including phenoxy) is 1. The van der Waals surface area contributed by atoms with E-state index in [0.717, 1.165) is 6.07 Å². The van der Waals surface area contributed by atoms with Gasteiger partial charge in [-0.1, -0.05) is 0 Å². The van der Waals surface area contributed by atoms with Crippen LogP contribution in [0.5, 0.6) is 5.75 Å². The molecule has 7 heteroatoms. The van der Waals surface area contributed by atoms with E-state index in [1.165, 1.54) is 6.07 Å². The van der Waals surface area contributed by atoms with Crippen LogP contribution in [-0.2, 0) is 17.8 Å². The molecule has 0 atom stereocenters. The number of benzene rings is 1. The van der Waals surface area contributed by atoms with Gasteiger partial charge < -0.3 is 15.6 Å². The van der Waals surface area contributed by atoms with Gasteiger partial charge in [-0.3, -0.25) is 4.79 Å². The Balaban J connectivity index is 3.25. The average Bonchev–Trinajstić information content (AvgIpc) is 2.28. The molecule has 0 saturated heterocycles. The Labute approximate surface area is 101 Å². The van der Waals surface area contributed by atoms with Crippen molar-refractivity contribution in [3.05, 3.63) is 28.8 Å². The minimum Gasteiger partial charge on any atom is -0.481 e. The summed E-state index contributed by atoms with van der Waals surface area (Å²) in [6.45, 7) is -3.13. The molecule has 1 aromatic carbocycles. The molecule has 0 aliphatic rings. The second-order valence-corrected chi connectivity index (χ2v) is 3.38. The Morgan fingerprint density at radius 1 is 1.50 bits per heavy atom. The van der Waals surface area contributed by atoms with Crippen molar-refractivity contribution in [2.75, 3.05) is 0 Å². The summed E-state index contributed by atoms with van der Waals surface area (Å²) < 4.78 is 28.6. The smallest absolute Gasteiger partial charge is 0.387 e. The maximum Gasteiger partial charge on any atom is 0.387 e. The first kappa shape index (κ1) is 13.9. The van der Waals surface area contributed by atoms with E-state index < -0.39 is 19.0 Å². The van der Waals surface area contributed by atoms with Crippen molar-refractivity contribution in [2.45, 2.75) is 19.6 Å². The van der Waals surface area contributed by atoms with Gasteiger partial charge in [0.25, 0.3) is 0 Å². The second kappa shape index (κ2) is 5.93. The van der Waals surface area contributed by atoms with Crippen LogP contribution in [0.15, 0.2) is 12.1 Å². The summed E-state index contributed by atoms with van der Waals surface area (Å²) >= 11 is 0. The molecule has 0 saturated carbocycles. The molecule has 1 aromatic rings. The maximum atomic E-state index is 12.2. The largest absolute Gasteiger partial charge is 0.481 e. The molecule has 0 aliphatic carbocycles. The first-order chi connectivity index (χ1) is 8.47. The molecule has 0 bridgehead atoms. The molecule has 0 amide bonds. The Hall–Kier alpha value is -2.20. The van der Waals surface area contributed by atoms with Crippen molar-refractivity contribution in [1.82, 2.24) is 0 Å². The number of halogens is 2. The Kier molecular flexibility index (Phi) is 4.57. The van der Waals surface area contributed by atoms with Crippen LogP contribution in [0.1, 0.15) is 16.7 Å². The fraction of sp³-hybridized carbons (Fsp3) is 0.273. The van der Waals surface area contributed by atoms with Gasteiger partial charge in [0.1, 0.15) is 5.75 Å². The van der Waals surface area contributed by atoms with Crippen LogP contribution in [-0.4, -0.2) is 17.7 Å². The topological polar surface area (TPSA) is 96.3 Å². The fourth-order valence-electron chi connectivity index (χ4n) is 1.45. The number of rotatable bonds is 5. The summed E-state index contributed by atoms with van der Waals surface area (Å²) in [6.07, 6.45) is -0.451. The van der Waals surface area contributed by atoms with Crippen LogP contribution >= 0.6 is 0 Å². The molecule has 0 aliphatic heterocycles. The van der Waals surface area contributed by atoms with Gasteiger partial charge >= 0.3 is 12.6 Å². The van der Waals surface area contributed by atoms with E-state index >= 15 is 0 Å². The predicted molar refractivity (Wildman–Crippen MR) is 57.0 cm³/mol. The third-order valence-electron chi connectivity index (χ3n) is 2.18. The summed E-state index contributed by atoms with van der Waals surface area (Å²) in [4.78, 5) is 10.6. The van der Waals surface area contributed by atoms with Crippen LogP contribution < -0.4 is 10.5 Å². The number of carboxylic acids is 1. The van der Waals surface area contributed by atoms with Gasteiger partial charge in [-0.2, -0.15) is 14.0 Å². The van der Waals surface area contributed by atoms with Gasteiger partial charge in [0.15, 0.2) is 0 Å². The molecule has 5 nitrogen and oxygen atoms in total. The summed E-state index contributed by atoms with van der Waals surface area (Å²) in [6, 6.07) is 4.17. The molecule has 0 spiro atoms. The third kappa shape index (κ3) is 3.40. The molecule has 18 heavy (non-hydrogen) atoms. The highest BCUT2D eigenvalue weighted by Crippen LogP contribution is 2.25. The van der Waals surface area contributed by atoms with Crippen LogP contribution in [0.2, 0.25) is 0 Å². The van der Waals surface area contributed by atoms with E-state index in [9.17, 15) is 13.6 Å². The summed E-state index contributed by atoms with van der Waals surface area (Å²) in [5.41, 5.74) is 5.77. The van der Waals surface area contributed by atoms with Gasteiger partial charge in [-0.05, 0) is 17.7 Å². The van der Waals surface area contributed by atoms with E-state index in [1.54, 1.807) is 6.07 Å². The van der Waals surface area contributed by atoms with Gasteiger partial charge in [-0.25, -0.2) is 0 Å². The number of hydrogen-bond donors (Lipinski definition) is 2. The Morgan fingerprint density at radius 3 is 2.61 bits per heavy atom. The summed E-state index contributed by atoms with van der Waals surface area (Å²) in [5.74, 6) is -1.38. The summed E-state index contributed by atoms with van der Waals surface area (Å²) in [5, 5.41) is 17.5. The van der Waals surface area contributed by atoms with Gasteiger partial charge in [-0.15, -0.1) is 0 Å². The Morgan fingerprint density at radius 2 is 2.17 bits per heavy atom. The lowest BCUT2D eigenvalue weighted by molar-refractivity contribution is -0.136. The second-order valence-electron chi connectivity index (χ2n) is 3.38. The number of nitrogens with two attached hydrogens (primary N) is 1. The average molecular weight is 256 g/mol. The van der Waals surface area contributed by atoms with Crippen molar-refractivity contribution in [3.63, 3.8) is 0 Å². The molecule has 0 radical (unpaired) electrons. The number of nitriles is 1. The third-order valence-corrected chi connectivity index (χ3v) is 2.18. The summed E-state index contributed by atoms with van der Waals surface area (Å²) in [7, 11) is 0. The van der Waals surface area contributed by atoms with Crippen LogP contribution in [0.25, 0.3) is 0 Å². The van der Waals surface area contributed by atoms with Crippen LogP contribution in [0.3, 0.4) is 0 Å². The zero-order valence-corrected chi connectivity index (χ0v) is 9.19. The van der Waals surface area contributed by atoms with E-state index in [-0.39, 0.29) is 29.0 Å². The molecule has 0 unspecified atom stereocenters.